The van der Waals surface area contributed by atoms with Gasteiger partial charge in [-0.15, -0.1) is 0 Å². The molecule has 1 heterocycles. The number of aliphatic carboxylic acids is 1. The summed E-state index contributed by atoms with van der Waals surface area (Å²) < 4.78 is 10.1. The highest BCUT2D eigenvalue weighted by Crippen LogP contribution is 2.35. The zero-order valence-corrected chi connectivity index (χ0v) is 9.36. The van der Waals surface area contributed by atoms with Gasteiger partial charge in [-0.05, 0) is 25.0 Å². The maximum atomic E-state index is 11.7. The molecule has 0 unspecified atom stereocenters. The topological polar surface area (TPSA) is 88.8 Å². The third-order valence-corrected chi connectivity index (χ3v) is 2.68. The maximum absolute atomic E-state index is 11.7. The van der Waals surface area contributed by atoms with Gasteiger partial charge in [-0.3, -0.25) is 4.79 Å². The van der Waals surface area contributed by atoms with Crippen molar-refractivity contribution in [2.45, 2.75) is 25.0 Å². The number of rotatable bonds is 5. The summed E-state index contributed by atoms with van der Waals surface area (Å²) in [7, 11) is 1.52. The van der Waals surface area contributed by atoms with Crippen LogP contribution in [-0.4, -0.2) is 29.6 Å². The molecule has 0 saturated heterocycles. The van der Waals surface area contributed by atoms with Gasteiger partial charge in [-0.2, -0.15) is 0 Å². The van der Waals surface area contributed by atoms with Crippen LogP contribution in [0.15, 0.2) is 16.5 Å². The Bertz CT molecular complexity index is 446. The van der Waals surface area contributed by atoms with Crippen LogP contribution in [0.3, 0.4) is 0 Å². The van der Waals surface area contributed by atoms with Crippen LogP contribution in [0, 0.1) is 0 Å². The van der Waals surface area contributed by atoms with Crippen LogP contribution in [0.1, 0.15) is 29.2 Å². The van der Waals surface area contributed by atoms with Gasteiger partial charge >= 0.3 is 5.97 Å². The minimum atomic E-state index is -1.09. The highest BCUT2D eigenvalue weighted by molar-refractivity contribution is 5.97. The van der Waals surface area contributed by atoms with Gasteiger partial charge in [-0.1, -0.05) is 0 Å². The van der Waals surface area contributed by atoms with Gasteiger partial charge in [0.25, 0.3) is 5.91 Å². The van der Waals surface area contributed by atoms with Gasteiger partial charge in [-0.25, -0.2) is 4.79 Å². The number of hydrogen-bond donors (Lipinski definition) is 2. The van der Waals surface area contributed by atoms with Gasteiger partial charge < -0.3 is 19.6 Å². The Kier molecular flexibility index (Phi) is 2.89. The van der Waals surface area contributed by atoms with Crippen molar-refractivity contribution in [3.8, 4) is 0 Å². The third-order valence-electron chi connectivity index (χ3n) is 2.68. The fourth-order valence-corrected chi connectivity index (χ4v) is 1.52. The van der Waals surface area contributed by atoms with Crippen LogP contribution < -0.4 is 5.32 Å². The van der Waals surface area contributed by atoms with E-state index in [0.29, 0.717) is 18.6 Å². The Hall–Kier alpha value is -1.82. The number of ether oxygens (including phenoxy) is 1. The third kappa shape index (κ3) is 2.31. The summed E-state index contributed by atoms with van der Waals surface area (Å²) in [5.41, 5.74) is -1.09. The quantitative estimate of drug-likeness (QED) is 0.792. The molecule has 1 fully saturated rings. The maximum Gasteiger partial charge on any atom is 0.329 e. The second kappa shape index (κ2) is 4.21. The Morgan fingerprint density at radius 2 is 2.24 bits per heavy atom. The van der Waals surface area contributed by atoms with E-state index >= 15 is 0 Å². The summed E-state index contributed by atoms with van der Waals surface area (Å²) in [6.07, 6.45) is 0.916. The molecule has 1 amide bonds. The van der Waals surface area contributed by atoms with Crippen molar-refractivity contribution in [3.63, 3.8) is 0 Å². The summed E-state index contributed by atoms with van der Waals surface area (Å²) in [4.78, 5) is 22.6. The molecule has 17 heavy (non-hydrogen) atoms. The lowest BCUT2D eigenvalue weighted by atomic mass is 10.2. The lowest BCUT2D eigenvalue weighted by Gasteiger charge is -2.10. The van der Waals surface area contributed by atoms with Gasteiger partial charge in [0.15, 0.2) is 5.76 Å². The zero-order chi connectivity index (χ0) is 12.5. The molecule has 6 nitrogen and oxygen atoms in total. The normalized spacial score (nSPS) is 16.5. The fourth-order valence-electron chi connectivity index (χ4n) is 1.52. The van der Waals surface area contributed by atoms with E-state index in [1.807, 2.05) is 0 Å². The van der Waals surface area contributed by atoms with E-state index in [-0.39, 0.29) is 12.4 Å². The van der Waals surface area contributed by atoms with Gasteiger partial charge in [0.1, 0.15) is 17.9 Å². The highest BCUT2D eigenvalue weighted by Gasteiger charge is 2.52. The number of furan rings is 1. The van der Waals surface area contributed by atoms with Crippen LogP contribution in [0.25, 0.3) is 0 Å². The molecule has 0 aliphatic heterocycles. The minimum absolute atomic E-state index is 0.101. The molecule has 1 aromatic heterocycles. The highest BCUT2D eigenvalue weighted by atomic mass is 16.5. The van der Waals surface area contributed by atoms with Gasteiger partial charge in [0.05, 0.1) is 0 Å². The SMILES string of the molecule is COCc1ccc(C(=O)NC2(C(=O)O)CC2)o1. The monoisotopic (exact) mass is 239 g/mol. The molecule has 92 valence electrons. The first-order valence-corrected chi connectivity index (χ1v) is 5.21. The molecule has 2 rings (SSSR count). The largest absolute Gasteiger partial charge is 0.480 e. The molecular weight excluding hydrogens is 226 g/mol. The zero-order valence-electron chi connectivity index (χ0n) is 9.36. The minimum Gasteiger partial charge on any atom is -0.480 e. The number of carboxylic acids is 1. The van der Waals surface area contributed by atoms with Crippen molar-refractivity contribution in [2.24, 2.45) is 0 Å². The fraction of sp³-hybridized carbons (Fsp3) is 0.455. The molecule has 2 N–H and O–H groups in total. The number of amides is 1. The molecule has 0 bridgehead atoms. The van der Waals surface area contributed by atoms with Crippen molar-refractivity contribution in [2.75, 3.05) is 7.11 Å². The number of carbonyl (C=O) groups is 2. The first kappa shape index (κ1) is 11.7. The van der Waals surface area contributed by atoms with E-state index in [1.165, 1.54) is 13.2 Å². The Labute approximate surface area is 97.6 Å². The van der Waals surface area contributed by atoms with E-state index in [0.717, 1.165) is 0 Å². The molecule has 0 aromatic carbocycles. The summed E-state index contributed by atoms with van der Waals surface area (Å²) >= 11 is 0. The summed E-state index contributed by atoms with van der Waals surface area (Å²) in [6.45, 7) is 0.275. The van der Waals surface area contributed by atoms with E-state index in [2.05, 4.69) is 5.32 Å². The van der Waals surface area contributed by atoms with Gasteiger partial charge in [0, 0.05) is 7.11 Å². The molecule has 1 aliphatic carbocycles. The van der Waals surface area contributed by atoms with Crippen LogP contribution in [0.5, 0.6) is 0 Å². The Morgan fingerprint density at radius 1 is 1.53 bits per heavy atom. The van der Waals surface area contributed by atoms with Crippen LogP contribution in [0.4, 0.5) is 0 Å². The molecule has 1 saturated carbocycles. The number of methoxy groups -OCH3 is 1. The van der Waals surface area contributed by atoms with Crippen LogP contribution in [0.2, 0.25) is 0 Å². The lowest BCUT2D eigenvalue weighted by molar-refractivity contribution is -0.140. The molecule has 0 radical (unpaired) electrons. The molecule has 1 aromatic rings. The van der Waals surface area contributed by atoms with E-state index < -0.39 is 17.4 Å². The van der Waals surface area contributed by atoms with Crippen LogP contribution in [-0.2, 0) is 16.1 Å². The van der Waals surface area contributed by atoms with E-state index in [4.69, 9.17) is 14.3 Å². The summed E-state index contributed by atoms with van der Waals surface area (Å²) in [6, 6.07) is 3.13. The summed E-state index contributed by atoms with van der Waals surface area (Å²) in [5.74, 6) is -0.885. The molecule has 0 spiro atoms. The lowest BCUT2D eigenvalue weighted by Crippen LogP contribution is -2.42. The molecule has 0 atom stereocenters. The molecule has 6 heteroatoms. The second-order valence-corrected chi connectivity index (χ2v) is 4.04. The standard InChI is InChI=1S/C11H13NO5/c1-16-6-7-2-3-8(17-7)9(13)12-11(4-5-11)10(14)15/h2-3H,4-6H2,1H3,(H,12,13)(H,14,15). The predicted molar refractivity (Wildman–Crippen MR) is 56.5 cm³/mol. The number of nitrogens with one attached hydrogen (secondary N) is 1. The van der Waals surface area contributed by atoms with Gasteiger partial charge in [0.2, 0.25) is 0 Å². The average Bonchev–Trinajstić information content (AvgIpc) is 2.90. The van der Waals surface area contributed by atoms with Crippen molar-refractivity contribution < 1.29 is 23.8 Å². The first-order valence-electron chi connectivity index (χ1n) is 5.21. The van der Waals surface area contributed by atoms with Crippen molar-refractivity contribution in [3.05, 3.63) is 23.7 Å². The van der Waals surface area contributed by atoms with Crippen molar-refractivity contribution in [1.29, 1.82) is 0 Å². The molecular formula is C11H13NO5. The average molecular weight is 239 g/mol. The van der Waals surface area contributed by atoms with E-state index in [1.54, 1.807) is 6.07 Å². The Morgan fingerprint density at radius 3 is 2.76 bits per heavy atom. The summed E-state index contributed by atoms with van der Waals surface area (Å²) in [5, 5.41) is 11.4. The second-order valence-electron chi connectivity index (χ2n) is 4.04. The number of hydrogen-bond acceptors (Lipinski definition) is 4. The number of carboxylic acid groups (broad SMARTS) is 1. The van der Waals surface area contributed by atoms with Crippen molar-refractivity contribution >= 4 is 11.9 Å². The first-order chi connectivity index (χ1) is 8.07. The molecule has 1 aliphatic rings. The Balaban J connectivity index is 2.02. The predicted octanol–water partition coefficient (Wildman–Crippen LogP) is 0.773. The van der Waals surface area contributed by atoms with Crippen molar-refractivity contribution in [1.82, 2.24) is 5.32 Å². The number of carbonyl (C=O) groups excluding carboxylic acids is 1. The smallest absolute Gasteiger partial charge is 0.329 e. The van der Waals surface area contributed by atoms with E-state index in [9.17, 15) is 9.59 Å². The van der Waals surface area contributed by atoms with Crippen LogP contribution >= 0.6 is 0 Å².